The number of hydrogen-bond donors (Lipinski definition) is 2. The van der Waals surface area contributed by atoms with E-state index in [1.54, 1.807) is 0 Å². The van der Waals surface area contributed by atoms with Crippen LogP contribution < -0.4 is 11.3 Å². The molecule has 0 amide bonds. The summed E-state index contributed by atoms with van der Waals surface area (Å²) < 4.78 is 20.7. The second-order valence-electron chi connectivity index (χ2n) is 13.4. The maximum atomic E-state index is 13.6. The number of esters is 4. The summed E-state index contributed by atoms with van der Waals surface area (Å²) in [4.78, 5) is 87.8. The van der Waals surface area contributed by atoms with E-state index in [1.165, 1.54) is 83.1 Å². The molecule has 1 aromatic rings. The Hall–Kier alpha value is -4.55. The zero-order chi connectivity index (χ0) is 34.9. The summed E-state index contributed by atoms with van der Waals surface area (Å²) in [7, 11) is 0. The molecule has 0 unspecified atom stereocenters. The van der Waals surface area contributed by atoms with Gasteiger partial charge in [-0.15, -0.1) is 0 Å². The van der Waals surface area contributed by atoms with Crippen LogP contribution in [-0.2, 0) is 49.2 Å². The number of hydrogen-bond acceptors (Lipinski definition) is 17. The topological polar surface area (TPSA) is 268 Å². The van der Waals surface area contributed by atoms with Crippen molar-refractivity contribution >= 4 is 29.8 Å². The summed E-state index contributed by atoms with van der Waals surface area (Å²) >= 11 is 0. The number of carbonyl (C=O) groups is 4. The third-order valence-electron chi connectivity index (χ3n) is 4.74. The molecule has 0 saturated heterocycles. The molecule has 246 valence electrons. The van der Waals surface area contributed by atoms with Crippen molar-refractivity contribution in [2.45, 2.75) is 117 Å². The Morgan fingerprint density at radius 1 is 0.568 bits per heavy atom. The van der Waals surface area contributed by atoms with Gasteiger partial charge in [-0.3, -0.25) is 25.7 Å². The maximum absolute atomic E-state index is 13.6. The molecular weight excluding hydrogens is 590 g/mol. The van der Waals surface area contributed by atoms with E-state index >= 15 is 0 Å². The predicted octanol–water partition coefficient (Wildman–Crippen LogP) is 1.47. The zero-order valence-electron chi connectivity index (χ0n) is 26.7. The summed E-state index contributed by atoms with van der Waals surface area (Å²) in [5, 5.41) is 25.5. The minimum Gasteiger partial charge on any atom is -0.454 e. The molecule has 0 aromatic carbocycles. The lowest BCUT2D eigenvalue weighted by atomic mass is 9.95. The number of carbonyl (C=O) groups excluding carboxylic acids is 4. The largest absolute Gasteiger partial charge is 0.468 e. The fraction of sp³-hybridized carbons (Fsp3) is 0.720. The van der Waals surface area contributed by atoms with E-state index in [0.29, 0.717) is 0 Å². The summed E-state index contributed by atoms with van der Waals surface area (Å²) in [6.07, 6.45) is 0. The standard InChI is InChI=1S/C25H39N7O12/c1-20(2,3)41-15(33)24(31(37)38,16(34)42-21(4,5)6)13-27-14(29-19(28-13)30-26)25(32(39)40,17(35)43-22(7,8)9)18(36)44-23(10,11)12/h26H2,1-12H3,(H,27,28,29,30). The van der Waals surface area contributed by atoms with Crippen molar-refractivity contribution in [3.05, 3.63) is 31.9 Å². The molecule has 0 fully saturated rings. The number of rotatable bonds is 9. The number of nitro groups is 2. The number of nitrogens with two attached hydrogens (primary N) is 1. The SMILES string of the molecule is CC(C)(C)OC(=O)C(C(=O)OC(C)(C)C)(c1nc(NN)nc(C(C(=O)OC(C)(C)C)(C(=O)OC(C)(C)C)[N+](=O)[O-])n1)[N+](=O)[O-]. The van der Waals surface area contributed by atoms with Gasteiger partial charge in [-0.25, -0.2) is 30.0 Å². The summed E-state index contributed by atoms with van der Waals surface area (Å²) in [5.74, 6) is -5.88. The molecule has 1 rings (SSSR count). The first-order valence-corrected chi connectivity index (χ1v) is 13.0. The van der Waals surface area contributed by atoms with Crippen LogP contribution in [0.1, 0.15) is 94.7 Å². The average molecular weight is 630 g/mol. The lowest BCUT2D eigenvalue weighted by Gasteiger charge is -2.30. The van der Waals surface area contributed by atoms with Crippen LogP contribution in [0.4, 0.5) is 5.95 Å². The van der Waals surface area contributed by atoms with E-state index in [2.05, 4.69) is 15.0 Å². The fourth-order valence-corrected chi connectivity index (χ4v) is 3.17. The van der Waals surface area contributed by atoms with Crippen molar-refractivity contribution < 1.29 is 48.0 Å². The van der Waals surface area contributed by atoms with E-state index in [-0.39, 0.29) is 0 Å². The van der Waals surface area contributed by atoms with Crippen LogP contribution in [0.2, 0.25) is 0 Å². The van der Waals surface area contributed by atoms with Gasteiger partial charge in [-0.2, -0.15) is 9.97 Å². The molecule has 0 bridgehead atoms. The minimum absolute atomic E-state index is 0.943. The Kier molecular flexibility index (Phi) is 10.4. The molecule has 0 aliphatic carbocycles. The average Bonchev–Trinajstić information content (AvgIpc) is 2.74. The zero-order valence-corrected chi connectivity index (χ0v) is 26.7. The number of ether oxygens (including phenoxy) is 4. The number of nitrogens with one attached hydrogen (secondary N) is 1. The normalized spacial score (nSPS) is 12.9. The maximum Gasteiger partial charge on any atom is 0.468 e. The van der Waals surface area contributed by atoms with Crippen LogP contribution >= 0.6 is 0 Å². The molecule has 0 aliphatic rings. The van der Waals surface area contributed by atoms with Gasteiger partial charge >= 0.3 is 35.0 Å². The summed E-state index contributed by atoms with van der Waals surface area (Å²) in [6, 6.07) is 0. The minimum atomic E-state index is -3.78. The van der Waals surface area contributed by atoms with E-state index in [1.807, 2.05) is 5.43 Å². The third-order valence-corrected chi connectivity index (χ3v) is 4.74. The highest BCUT2D eigenvalue weighted by molar-refractivity contribution is 6.05. The number of nitrogens with zero attached hydrogens (tertiary/aromatic N) is 5. The highest BCUT2D eigenvalue weighted by Gasteiger charge is 2.71. The molecule has 0 spiro atoms. The molecule has 0 atom stereocenters. The molecular formula is C25H39N7O12. The molecule has 44 heavy (non-hydrogen) atoms. The van der Waals surface area contributed by atoms with Crippen LogP contribution in [0.3, 0.4) is 0 Å². The Bertz CT molecular complexity index is 1180. The molecule has 19 nitrogen and oxygen atoms in total. The van der Waals surface area contributed by atoms with Crippen molar-refractivity contribution in [1.82, 2.24) is 15.0 Å². The second kappa shape index (κ2) is 12.2. The van der Waals surface area contributed by atoms with Gasteiger partial charge in [0.25, 0.3) is 0 Å². The Labute approximate surface area is 252 Å². The highest BCUT2D eigenvalue weighted by atomic mass is 16.7. The third kappa shape index (κ3) is 8.29. The van der Waals surface area contributed by atoms with Crippen molar-refractivity contribution in [1.29, 1.82) is 0 Å². The Balaban J connectivity index is 4.49. The van der Waals surface area contributed by atoms with E-state index in [9.17, 15) is 39.4 Å². The molecule has 1 aromatic heterocycles. The summed E-state index contributed by atoms with van der Waals surface area (Å²) in [5.41, 5.74) is -11.5. The van der Waals surface area contributed by atoms with E-state index < -0.39 is 84.8 Å². The van der Waals surface area contributed by atoms with Crippen LogP contribution in [0.5, 0.6) is 0 Å². The Morgan fingerprint density at radius 2 is 0.795 bits per heavy atom. The first-order valence-electron chi connectivity index (χ1n) is 13.0. The lowest BCUT2D eigenvalue weighted by molar-refractivity contribution is -0.555. The van der Waals surface area contributed by atoms with Gasteiger partial charge < -0.3 is 18.9 Å². The number of hydrazine groups is 1. The van der Waals surface area contributed by atoms with Gasteiger partial charge in [-0.1, -0.05) is 0 Å². The molecule has 0 aliphatic heterocycles. The van der Waals surface area contributed by atoms with E-state index in [0.717, 1.165) is 0 Å². The first-order chi connectivity index (χ1) is 19.5. The van der Waals surface area contributed by atoms with Crippen molar-refractivity contribution in [3.63, 3.8) is 0 Å². The van der Waals surface area contributed by atoms with Gasteiger partial charge in [0, 0.05) is 0 Å². The second-order valence-corrected chi connectivity index (χ2v) is 13.4. The van der Waals surface area contributed by atoms with Gasteiger partial charge in [-0.05, 0) is 83.1 Å². The molecule has 1 heterocycles. The van der Waals surface area contributed by atoms with Gasteiger partial charge in [0.05, 0.1) is 9.85 Å². The van der Waals surface area contributed by atoms with Crippen LogP contribution in [0.25, 0.3) is 0 Å². The molecule has 0 radical (unpaired) electrons. The van der Waals surface area contributed by atoms with Gasteiger partial charge in [0.15, 0.2) is 0 Å². The lowest BCUT2D eigenvalue weighted by Crippen LogP contribution is -2.58. The Morgan fingerprint density at radius 3 is 0.955 bits per heavy atom. The summed E-state index contributed by atoms with van der Waals surface area (Å²) in [6.45, 7) is 16.0. The highest BCUT2D eigenvalue weighted by Crippen LogP contribution is 2.35. The van der Waals surface area contributed by atoms with Gasteiger partial charge in [0.2, 0.25) is 17.6 Å². The predicted molar refractivity (Wildman–Crippen MR) is 148 cm³/mol. The molecule has 3 N–H and O–H groups in total. The molecule has 19 heteroatoms. The number of nitrogen functional groups attached to an aromatic ring is 1. The smallest absolute Gasteiger partial charge is 0.454 e. The number of aromatic nitrogens is 3. The molecule has 0 saturated carbocycles. The first kappa shape index (κ1) is 37.5. The fourth-order valence-electron chi connectivity index (χ4n) is 3.17. The van der Waals surface area contributed by atoms with Crippen molar-refractivity contribution in [2.75, 3.05) is 5.43 Å². The number of anilines is 1. The quantitative estimate of drug-likeness (QED) is 0.0977. The van der Waals surface area contributed by atoms with Crippen LogP contribution in [-0.4, -0.2) is 71.1 Å². The monoisotopic (exact) mass is 629 g/mol. The van der Waals surface area contributed by atoms with Gasteiger partial charge in [0.1, 0.15) is 22.4 Å². The van der Waals surface area contributed by atoms with E-state index in [4.69, 9.17) is 24.8 Å². The van der Waals surface area contributed by atoms with Crippen LogP contribution in [0.15, 0.2) is 0 Å². The van der Waals surface area contributed by atoms with Crippen molar-refractivity contribution in [3.8, 4) is 0 Å². The van der Waals surface area contributed by atoms with Crippen LogP contribution in [0, 0.1) is 20.2 Å². The van der Waals surface area contributed by atoms with Crippen molar-refractivity contribution in [2.24, 2.45) is 5.84 Å².